The fourth-order valence-corrected chi connectivity index (χ4v) is 4.58. The number of likely N-dealkylation sites (tertiary alicyclic amines) is 1. The van der Waals surface area contributed by atoms with E-state index in [1.165, 1.54) is 11.3 Å². The number of carbonyl (C=O) groups is 2. The van der Waals surface area contributed by atoms with Gasteiger partial charge in [-0.05, 0) is 55.3 Å². The second-order valence-corrected chi connectivity index (χ2v) is 8.65. The Hall–Kier alpha value is -2.97. The van der Waals surface area contributed by atoms with E-state index >= 15 is 0 Å². The van der Waals surface area contributed by atoms with Gasteiger partial charge in [0.05, 0.1) is 7.11 Å². The highest BCUT2D eigenvalue weighted by Gasteiger charge is 2.27. The first-order chi connectivity index (χ1) is 15.0. The van der Waals surface area contributed by atoms with Crippen LogP contribution in [0.4, 0.5) is 5.69 Å². The summed E-state index contributed by atoms with van der Waals surface area (Å²) in [7, 11) is 1.59. The highest BCUT2D eigenvalue weighted by atomic mass is 35.5. The minimum atomic E-state index is -0.289. The quantitative estimate of drug-likeness (QED) is 0.612. The summed E-state index contributed by atoms with van der Waals surface area (Å²) >= 11 is 7.30. The third-order valence-corrected chi connectivity index (χ3v) is 6.51. The number of halogens is 1. The Labute approximate surface area is 189 Å². The Balaban J connectivity index is 1.34. The number of ether oxygens (including phenoxy) is 1. The maximum atomic E-state index is 12.7. The molecule has 0 spiro atoms. The first-order valence-electron chi connectivity index (χ1n) is 9.87. The van der Waals surface area contributed by atoms with Crippen molar-refractivity contribution < 1.29 is 14.3 Å². The topological polar surface area (TPSA) is 84.4 Å². The van der Waals surface area contributed by atoms with Crippen molar-refractivity contribution in [1.82, 2.24) is 15.1 Å². The summed E-state index contributed by atoms with van der Waals surface area (Å²) in [6.45, 7) is 1.26. The lowest BCUT2D eigenvalue weighted by Gasteiger charge is -2.31. The average Bonchev–Trinajstić information content (AvgIpc) is 3.30. The molecule has 1 aromatic heterocycles. The number of methoxy groups -OCH3 is 1. The number of rotatable bonds is 5. The van der Waals surface area contributed by atoms with Gasteiger partial charge in [0.15, 0.2) is 0 Å². The minimum Gasteiger partial charge on any atom is -0.497 e. The van der Waals surface area contributed by atoms with Crippen molar-refractivity contribution in [1.29, 1.82) is 0 Å². The van der Waals surface area contributed by atoms with Crippen molar-refractivity contribution in [3.05, 3.63) is 69.1 Å². The molecule has 0 bridgehead atoms. The third-order valence-electron chi connectivity index (χ3n) is 5.19. The van der Waals surface area contributed by atoms with E-state index in [1.54, 1.807) is 55.6 Å². The lowest BCUT2D eigenvalue weighted by Crippen LogP contribution is -2.37. The molecule has 160 valence electrons. The first-order valence-corrected chi connectivity index (χ1v) is 11.1. The predicted molar refractivity (Wildman–Crippen MR) is 120 cm³/mol. The highest BCUT2D eigenvalue weighted by molar-refractivity contribution is 7.13. The van der Waals surface area contributed by atoms with Gasteiger partial charge >= 0.3 is 0 Å². The van der Waals surface area contributed by atoms with Gasteiger partial charge in [0.1, 0.15) is 10.8 Å². The predicted octanol–water partition coefficient (Wildman–Crippen LogP) is 4.47. The zero-order valence-corrected chi connectivity index (χ0v) is 18.4. The molecule has 0 radical (unpaired) electrons. The Morgan fingerprint density at radius 3 is 2.55 bits per heavy atom. The van der Waals surface area contributed by atoms with Gasteiger partial charge in [-0.1, -0.05) is 29.0 Å². The molecule has 9 heteroatoms. The molecule has 4 rings (SSSR count). The molecular weight excluding hydrogens is 436 g/mol. The number of carbonyl (C=O) groups excluding carboxylic acids is 2. The SMILES string of the molecule is COc1ccc(NC(=O)c2nnc(C3CCN(C(=O)c4cccc(Cl)c4)CC3)s2)cc1. The number of piperidine rings is 1. The van der Waals surface area contributed by atoms with Crippen molar-refractivity contribution in [2.45, 2.75) is 18.8 Å². The molecule has 1 aliphatic rings. The molecule has 31 heavy (non-hydrogen) atoms. The average molecular weight is 457 g/mol. The van der Waals surface area contributed by atoms with Crippen LogP contribution < -0.4 is 10.1 Å². The summed E-state index contributed by atoms with van der Waals surface area (Å²) in [5.41, 5.74) is 1.26. The molecule has 3 aromatic rings. The van der Waals surface area contributed by atoms with Gasteiger partial charge in [0.25, 0.3) is 11.8 Å². The highest BCUT2D eigenvalue weighted by Crippen LogP contribution is 2.31. The largest absolute Gasteiger partial charge is 0.497 e. The van der Waals surface area contributed by atoms with Gasteiger partial charge in [0, 0.05) is 35.3 Å². The number of anilines is 1. The molecule has 2 amide bonds. The van der Waals surface area contributed by atoms with Gasteiger partial charge < -0.3 is 15.0 Å². The maximum absolute atomic E-state index is 12.7. The second-order valence-electron chi connectivity index (χ2n) is 7.20. The molecule has 1 aliphatic heterocycles. The van der Waals surface area contributed by atoms with E-state index in [0.717, 1.165) is 23.6 Å². The lowest BCUT2D eigenvalue weighted by atomic mass is 9.97. The maximum Gasteiger partial charge on any atom is 0.286 e. The number of hydrogen-bond donors (Lipinski definition) is 1. The molecule has 0 unspecified atom stereocenters. The van der Waals surface area contributed by atoms with Crippen LogP contribution in [0.5, 0.6) is 5.75 Å². The summed E-state index contributed by atoms with van der Waals surface area (Å²) in [4.78, 5) is 27.0. The normalized spacial score (nSPS) is 14.3. The number of benzene rings is 2. The molecule has 2 heterocycles. The van der Waals surface area contributed by atoms with Crippen LogP contribution in [0.15, 0.2) is 48.5 Å². The standard InChI is InChI=1S/C22H21ClN4O3S/c1-30-18-7-5-17(6-8-18)24-19(28)21-26-25-20(31-21)14-9-11-27(12-10-14)22(29)15-3-2-4-16(23)13-15/h2-8,13-14H,9-12H2,1H3,(H,24,28). The number of nitrogens with one attached hydrogen (secondary N) is 1. The van der Waals surface area contributed by atoms with Crippen LogP contribution >= 0.6 is 22.9 Å². The first kappa shape index (κ1) is 21.3. The third kappa shape index (κ3) is 5.03. The summed E-state index contributed by atoms with van der Waals surface area (Å²) in [6, 6.07) is 14.1. The minimum absolute atomic E-state index is 0.0160. The Kier molecular flexibility index (Phi) is 6.48. The fraction of sp³-hybridized carbons (Fsp3) is 0.273. The van der Waals surface area contributed by atoms with Gasteiger partial charge in [-0.2, -0.15) is 0 Å². The van der Waals surface area contributed by atoms with Gasteiger partial charge in [-0.25, -0.2) is 0 Å². The van der Waals surface area contributed by atoms with Crippen LogP contribution in [-0.2, 0) is 0 Å². The van der Waals surface area contributed by atoms with Crippen molar-refractivity contribution in [3.8, 4) is 5.75 Å². The number of nitrogens with zero attached hydrogens (tertiary/aromatic N) is 3. The number of amides is 2. The van der Waals surface area contributed by atoms with Gasteiger partial charge in [0.2, 0.25) is 5.01 Å². The van der Waals surface area contributed by atoms with Crippen molar-refractivity contribution >= 4 is 40.4 Å². The summed E-state index contributed by atoms with van der Waals surface area (Å²) in [5, 5.41) is 12.8. The van der Waals surface area contributed by atoms with Crippen molar-refractivity contribution in [2.24, 2.45) is 0 Å². The molecule has 0 aliphatic carbocycles. The zero-order chi connectivity index (χ0) is 21.8. The Bertz CT molecular complexity index is 1080. The van der Waals surface area contributed by atoms with E-state index in [9.17, 15) is 9.59 Å². The zero-order valence-electron chi connectivity index (χ0n) is 16.9. The molecule has 7 nitrogen and oxygen atoms in total. The van der Waals surface area contributed by atoms with E-state index in [-0.39, 0.29) is 17.7 Å². The van der Waals surface area contributed by atoms with Gasteiger partial charge in [-0.3, -0.25) is 9.59 Å². The van der Waals surface area contributed by atoms with E-state index in [4.69, 9.17) is 16.3 Å². The van der Waals surface area contributed by atoms with E-state index in [1.807, 2.05) is 4.90 Å². The van der Waals surface area contributed by atoms with Crippen LogP contribution in [-0.4, -0.2) is 47.1 Å². The summed E-state index contributed by atoms with van der Waals surface area (Å²) in [5.74, 6) is 0.597. The second kappa shape index (κ2) is 9.45. The Morgan fingerprint density at radius 2 is 1.87 bits per heavy atom. The van der Waals surface area contributed by atoms with Crippen LogP contribution in [0, 0.1) is 0 Å². The molecule has 0 saturated carbocycles. The summed E-state index contributed by atoms with van der Waals surface area (Å²) in [6.07, 6.45) is 1.56. The number of hydrogen-bond acceptors (Lipinski definition) is 6. The van der Waals surface area contributed by atoms with E-state index < -0.39 is 0 Å². The van der Waals surface area contributed by atoms with Crippen LogP contribution in [0.2, 0.25) is 5.02 Å². The molecule has 1 saturated heterocycles. The van der Waals surface area contributed by atoms with Crippen LogP contribution in [0.25, 0.3) is 0 Å². The summed E-state index contributed by atoms with van der Waals surface area (Å²) < 4.78 is 5.12. The smallest absolute Gasteiger partial charge is 0.286 e. The monoisotopic (exact) mass is 456 g/mol. The lowest BCUT2D eigenvalue weighted by molar-refractivity contribution is 0.0712. The van der Waals surface area contributed by atoms with Crippen molar-refractivity contribution in [3.63, 3.8) is 0 Å². The molecule has 2 aromatic carbocycles. The molecule has 1 fully saturated rings. The molecular formula is C22H21ClN4O3S. The van der Waals surface area contributed by atoms with E-state index in [0.29, 0.717) is 34.4 Å². The van der Waals surface area contributed by atoms with Crippen LogP contribution in [0.3, 0.4) is 0 Å². The van der Waals surface area contributed by atoms with Crippen molar-refractivity contribution in [2.75, 3.05) is 25.5 Å². The van der Waals surface area contributed by atoms with Crippen LogP contribution in [0.1, 0.15) is 43.9 Å². The molecule has 0 atom stereocenters. The number of aromatic nitrogens is 2. The molecule has 1 N–H and O–H groups in total. The fourth-order valence-electron chi connectivity index (χ4n) is 3.48. The van der Waals surface area contributed by atoms with E-state index in [2.05, 4.69) is 15.5 Å². The Morgan fingerprint density at radius 1 is 1.13 bits per heavy atom. The van der Waals surface area contributed by atoms with Gasteiger partial charge in [-0.15, -0.1) is 10.2 Å².